The molecule has 0 aromatic rings. The van der Waals surface area contributed by atoms with E-state index in [-0.39, 0.29) is 23.8 Å². The zero-order valence-corrected chi connectivity index (χ0v) is 7.59. The molecule has 1 atom stereocenters. The van der Waals surface area contributed by atoms with Gasteiger partial charge in [-0.3, -0.25) is 4.79 Å². The number of aliphatic hydroxyl groups excluding tert-OH is 1. The molecule has 1 amide bonds. The van der Waals surface area contributed by atoms with E-state index >= 15 is 0 Å². The lowest BCUT2D eigenvalue weighted by Crippen LogP contribution is -2.35. The lowest BCUT2D eigenvalue weighted by molar-refractivity contribution is -0.124. The summed E-state index contributed by atoms with van der Waals surface area (Å²) < 4.78 is 0. The van der Waals surface area contributed by atoms with Gasteiger partial charge in [0.25, 0.3) is 0 Å². The fourth-order valence-electron chi connectivity index (χ4n) is 1.43. The highest BCUT2D eigenvalue weighted by Gasteiger charge is 2.38. The average molecular weight is 170 g/mol. The standard InChI is InChI=1S/C8H14N2O2/c1-8(2,3)6-5(4-11)9-10-7(6)12/h6,11H,4H2,1-3H3,(H,10,12). The molecule has 0 fully saturated rings. The van der Waals surface area contributed by atoms with Gasteiger partial charge in [0.15, 0.2) is 0 Å². The monoisotopic (exact) mass is 170 g/mol. The first-order valence-electron chi connectivity index (χ1n) is 3.94. The van der Waals surface area contributed by atoms with Crippen LogP contribution in [0.1, 0.15) is 20.8 Å². The lowest BCUT2D eigenvalue weighted by Gasteiger charge is -2.24. The van der Waals surface area contributed by atoms with Gasteiger partial charge in [-0.1, -0.05) is 20.8 Å². The molecule has 4 nitrogen and oxygen atoms in total. The maximum Gasteiger partial charge on any atom is 0.249 e. The van der Waals surface area contributed by atoms with Crippen LogP contribution in [0.25, 0.3) is 0 Å². The van der Waals surface area contributed by atoms with Crippen LogP contribution in [0.5, 0.6) is 0 Å². The number of nitrogens with one attached hydrogen (secondary N) is 1. The fourth-order valence-corrected chi connectivity index (χ4v) is 1.43. The summed E-state index contributed by atoms with van der Waals surface area (Å²) in [6, 6.07) is 0. The van der Waals surface area contributed by atoms with Gasteiger partial charge in [-0.2, -0.15) is 5.10 Å². The van der Waals surface area contributed by atoms with Crippen molar-refractivity contribution >= 4 is 11.6 Å². The number of hydrogen-bond donors (Lipinski definition) is 2. The van der Waals surface area contributed by atoms with Crippen LogP contribution >= 0.6 is 0 Å². The summed E-state index contributed by atoms with van der Waals surface area (Å²) in [6.07, 6.45) is 0. The minimum absolute atomic E-state index is 0.119. The van der Waals surface area contributed by atoms with E-state index in [1.807, 2.05) is 20.8 Å². The maximum atomic E-state index is 11.3. The molecule has 4 heteroatoms. The third-order valence-electron chi connectivity index (χ3n) is 1.93. The molecule has 2 N–H and O–H groups in total. The van der Waals surface area contributed by atoms with Crippen molar-refractivity contribution in [3.05, 3.63) is 0 Å². The molecule has 0 saturated heterocycles. The quantitative estimate of drug-likeness (QED) is 0.587. The van der Waals surface area contributed by atoms with Crippen molar-refractivity contribution in [3.63, 3.8) is 0 Å². The van der Waals surface area contributed by atoms with Crippen molar-refractivity contribution in [1.29, 1.82) is 0 Å². The number of carbonyl (C=O) groups is 1. The number of carbonyl (C=O) groups excluding carboxylic acids is 1. The molecule has 0 saturated carbocycles. The van der Waals surface area contributed by atoms with E-state index in [0.717, 1.165) is 0 Å². The molecule has 1 aliphatic rings. The van der Waals surface area contributed by atoms with Crippen LogP contribution in [0.2, 0.25) is 0 Å². The first-order chi connectivity index (χ1) is 5.46. The summed E-state index contributed by atoms with van der Waals surface area (Å²) in [5.41, 5.74) is 2.72. The van der Waals surface area contributed by atoms with Crippen LogP contribution < -0.4 is 5.43 Å². The highest BCUT2D eigenvalue weighted by atomic mass is 16.3. The number of aliphatic hydroxyl groups is 1. The molecular weight excluding hydrogens is 156 g/mol. The average Bonchev–Trinajstić information content (AvgIpc) is 2.29. The summed E-state index contributed by atoms with van der Waals surface area (Å²) in [4.78, 5) is 11.3. The minimum Gasteiger partial charge on any atom is -0.390 e. The van der Waals surface area contributed by atoms with Gasteiger partial charge in [0.2, 0.25) is 5.91 Å². The van der Waals surface area contributed by atoms with Crippen molar-refractivity contribution < 1.29 is 9.90 Å². The zero-order chi connectivity index (χ0) is 9.35. The summed E-state index contributed by atoms with van der Waals surface area (Å²) in [5.74, 6) is -0.408. The van der Waals surface area contributed by atoms with Crippen LogP contribution in [0.4, 0.5) is 0 Å². The molecule has 0 aromatic carbocycles. The number of rotatable bonds is 1. The van der Waals surface area contributed by atoms with Crippen molar-refractivity contribution in [2.75, 3.05) is 6.61 Å². The molecule has 1 unspecified atom stereocenters. The first kappa shape index (κ1) is 9.19. The molecule has 1 heterocycles. The SMILES string of the molecule is CC(C)(C)C1C(=O)NN=C1CO. The highest BCUT2D eigenvalue weighted by Crippen LogP contribution is 2.29. The van der Waals surface area contributed by atoms with E-state index in [1.165, 1.54) is 0 Å². The highest BCUT2D eigenvalue weighted by molar-refractivity contribution is 6.09. The number of amides is 1. The fraction of sp³-hybridized carbons (Fsp3) is 0.750. The Kier molecular flexibility index (Phi) is 2.19. The van der Waals surface area contributed by atoms with E-state index in [0.29, 0.717) is 5.71 Å². The molecule has 0 bridgehead atoms. The Morgan fingerprint density at radius 3 is 2.50 bits per heavy atom. The topological polar surface area (TPSA) is 61.7 Å². The van der Waals surface area contributed by atoms with E-state index in [1.54, 1.807) is 0 Å². The second-order valence-corrected chi connectivity index (χ2v) is 4.04. The molecule has 12 heavy (non-hydrogen) atoms. The van der Waals surface area contributed by atoms with Crippen LogP contribution in [0, 0.1) is 11.3 Å². The zero-order valence-electron chi connectivity index (χ0n) is 7.59. The van der Waals surface area contributed by atoms with E-state index in [2.05, 4.69) is 10.5 Å². The Hall–Kier alpha value is -0.900. The van der Waals surface area contributed by atoms with Crippen molar-refractivity contribution in [1.82, 2.24) is 5.43 Å². The van der Waals surface area contributed by atoms with Gasteiger partial charge in [0.1, 0.15) is 0 Å². The molecule has 0 spiro atoms. The summed E-state index contributed by atoms with van der Waals surface area (Å²) >= 11 is 0. The van der Waals surface area contributed by atoms with Crippen molar-refractivity contribution in [2.45, 2.75) is 20.8 Å². The molecule has 1 aliphatic heterocycles. The van der Waals surface area contributed by atoms with Crippen LogP contribution in [-0.4, -0.2) is 23.3 Å². The largest absolute Gasteiger partial charge is 0.390 e. The van der Waals surface area contributed by atoms with Gasteiger partial charge in [-0.25, -0.2) is 5.43 Å². The summed E-state index contributed by atoms with van der Waals surface area (Å²) in [5, 5.41) is 12.6. The maximum absolute atomic E-state index is 11.3. The second kappa shape index (κ2) is 2.86. The summed E-state index contributed by atoms with van der Waals surface area (Å²) in [7, 11) is 0. The van der Waals surface area contributed by atoms with E-state index in [9.17, 15) is 4.79 Å². The minimum atomic E-state index is -0.289. The Labute approximate surface area is 71.7 Å². The molecule has 0 radical (unpaired) electrons. The molecule has 68 valence electrons. The third-order valence-corrected chi connectivity index (χ3v) is 1.93. The number of hydrogen-bond acceptors (Lipinski definition) is 3. The lowest BCUT2D eigenvalue weighted by atomic mass is 9.78. The van der Waals surface area contributed by atoms with Gasteiger partial charge in [0.05, 0.1) is 18.2 Å². The number of hydrazone groups is 1. The van der Waals surface area contributed by atoms with Gasteiger partial charge in [-0.15, -0.1) is 0 Å². The predicted octanol–water partition coefficient (Wildman–Crippen LogP) is 0.127. The number of nitrogens with zero attached hydrogens (tertiary/aromatic N) is 1. The van der Waals surface area contributed by atoms with Gasteiger partial charge in [-0.05, 0) is 5.41 Å². The Morgan fingerprint density at radius 2 is 2.17 bits per heavy atom. The van der Waals surface area contributed by atoms with Crippen LogP contribution in [0.15, 0.2) is 5.10 Å². The molecule has 1 rings (SSSR count). The van der Waals surface area contributed by atoms with Crippen LogP contribution in [-0.2, 0) is 4.79 Å². The second-order valence-electron chi connectivity index (χ2n) is 4.04. The van der Waals surface area contributed by atoms with Crippen molar-refractivity contribution in [3.8, 4) is 0 Å². The van der Waals surface area contributed by atoms with E-state index in [4.69, 9.17) is 5.11 Å². The van der Waals surface area contributed by atoms with Gasteiger partial charge in [0, 0.05) is 0 Å². The van der Waals surface area contributed by atoms with Gasteiger partial charge < -0.3 is 5.11 Å². The third kappa shape index (κ3) is 1.48. The predicted molar refractivity (Wildman–Crippen MR) is 45.6 cm³/mol. The summed E-state index contributed by atoms with van der Waals surface area (Å²) in [6.45, 7) is 5.70. The van der Waals surface area contributed by atoms with E-state index < -0.39 is 0 Å². The van der Waals surface area contributed by atoms with Crippen LogP contribution in [0.3, 0.4) is 0 Å². The normalized spacial score (nSPS) is 23.8. The van der Waals surface area contributed by atoms with Crippen molar-refractivity contribution in [2.24, 2.45) is 16.4 Å². The van der Waals surface area contributed by atoms with Gasteiger partial charge >= 0.3 is 0 Å². The Morgan fingerprint density at radius 1 is 1.58 bits per heavy atom. The first-order valence-corrected chi connectivity index (χ1v) is 3.94. The molecule has 0 aliphatic carbocycles. The Bertz CT molecular complexity index is 228. The molecular formula is C8H14N2O2. The Balaban J connectivity index is 2.87. The smallest absolute Gasteiger partial charge is 0.249 e. The molecule has 0 aromatic heterocycles.